The predicted molar refractivity (Wildman–Crippen MR) is 53.5 cm³/mol. The van der Waals surface area contributed by atoms with Crippen molar-refractivity contribution in [3.8, 4) is 0 Å². The fraction of sp³-hybridized carbons (Fsp3) is 0.125. The van der Waals surface area contributed by atoms with Crippen LogP contribution in [0, 0.1) is 10.1 Å². The van der Waals surface area contributed by atoms with Crippen LogP contribution >= 0.6 is 0 Å². The van der Waals surface area contributed by atoms with E-state index in [4.69, 9.17) is 4.55 Å². The zero-order chi connectivity index (χ0) is 12.3. The maximum absolute atomic E-state index is 11.2. The predicted octanol–water partition coefficient (Wildman–Crippen LogP) is 0.962. The van der Waals surface area contributed by atoms with Gasteiger partial charge in [0.1, 0.15) is 0 Å². The van der Waals surface area contributed by atoms with E-state index < -0.39 is 22.0 Å². The lowest BCUT2D eigenvalue weighted by Crippen LogP contribution is -2.07. The molecule has 0 aliphatic carbocycles. The van der Waals surface area contributed by atoms with Gasteiger partial charge in [0.05, 0.1) is 22.5 Å². The molecule has 0 amide bonds. The summed E-state index contributed by atoms with van der Waals surface area (Å²) in [4.78, 5) is 20.5. The van der Waals surface area contributed by atoms with Crippen molar-refractivity contribution in [2.75, 3.05) is 7.11 Å². The van der Waals surface area contributed by atoms with E-state index in [1.807, 2.05) is 0 Å². The first kappa shape index (κ1) is 12.3. The number of non-ortho nitro benzene ring substituents is 1. The van der Waals surface area contributed by atoms with E-state index in [-0.39, 0.29) is 16.1 Å². The SMILES string of the molecule is COC(=O)c1ccc([N+](=O)[O-])cc1S(=O)O. The monoisotopic (exact) mass is 245 g/mol. The van der Waals surface area contributed by atoms with E-state index in [2.05, 4.69) is 4.74 Å². The van der Waals surface area contributed by atoms with Gasteiger partial charge >= 0.3 is 5.97 Å². The minimum absolute atomic E-state index is 0.172. The van der Waals surface area contributed by atoms with E-state index in [1.165, 1.54) is 0 Å². The van der Waals surface area contributed by atoms with Gasteiger partial charge in [-0.3, -0.25) is 10.1 Å². The minimum Gasteiger partial charge on any atom is -0.465 e. The van der Waals surface area contributed by atoms with Gasteiger partial charge in [-0.2, -0.15) is 0 Å². The number of hydrogen-bond acceptors (Lipinski definition) is 5. The maximum Gasteiger partial charge on any atom is 0.339 e. The van der Waals surface area contributed by atoms with Crippen LogP contribution in [0.5, 0.6) is 0 Å². The van der Waals surface area contributed by atoms with Gasteiger partial charge in [-0.25, -0.2) is 9.00 Å². The molecule has 0 aliphatic rings. The summed E-state index contributed by atoms with van der Waals surface area (Å²) in [5, 5.41) is 10.4. The zero-order valence-corrected chi connectivity index (χ0v) is 8.89. The molecule has 0 aliphatic heterocycles. The third kappa shape index (κ3) is 2.41. The van der Waals surface area contributed by atoms with Crippen molar-refractivity contribution in [3.63, 3.8) is 0 Å². The van der Waals surface area contributed by atoms with Crippen LogP contribution in [-0.2, 0) is 15.8 Å². The van der Waals surface area contributed by atoms with E-state index >= 15 is 0 Å². The van der Waals surface area contributed by atoms with Crippen molar-refractivity contribution in [2.24, 2.45) is 0 Å². The summed E-state index contributed by atoms with van der Waals surface area (Å²) in [6.07, 6.45) is 0. The number of ether oxygens (including phenoxy) is 1. The highest BCUT2D eigenvalue weighted by Gasteiger charge is 2.19. The van der Waals surface area contributed by atoms with E-state index in [0.717, 1.165) is 25.3 Å². The number of carbonyl (C=O) groups is 1. The molecule has 1 N–H and O–H groups in total. The van der Waals surface area contributed by atoms with Crippen molar-refractivity contribution in [2.45, 2.75) is 4.90 Å². The number of nitro benzene ring substituents is 1. The van der Waals surface area contributed by atoms with Crippen LogP contribution < -0.4 is 0 Å². The minimum atomic E-state index is -2.49. The summed E-state index contributed by atoms with van der Waals surface area (Å²) in [6, 6.07) is 3.00. The van der Waals surface area contributed by atoms with Gasteiger partial charge in [-0.15, -0.1) is 0 Å². The normalized spacial score (nSPS) is 11.9. The molecule has 0 bridgehead atoms. The number of esters is 1. The second-order valence-corrected chi connectivity index (χ2v) is 3.62. The van der Waals surface area contributed by atoms with Crippen LogP contribution in [0.4, 0.5) is 5.69 Å². The fourth-order valence-corrected chi connectivity index (χ4v) is 1.61. The third-order valence-electron chi connectivity index (χ3n) is 1.77. The van der Waals surface area contributed by atoms with Crippen molar-refractivity contribution in [1.82, 2.24) is 0 Å². The number of nitro groups is 1. The number of hydrogen-bond donors (Lipinski definition) is 1. The Labute approximate surface area is 92.5 Å². The van der Waals surface area contributed by atoms with Gasteiger partial charge in [0.2, 0.25) is 0 Å². The lowest BCUT2D eigenvalue weighted by atomic mass is 10.2. The largest absolute Gasteiger partial charge is 0.465 e. The molecule has 0 spiro atoms. The first-order valence-corrected chi connectivity index (χ1v) is 5.05. The van der Waals surface area contributed by atoms with Crippen LogP contribution in [0.15, 0.2) is 23.1 Å². The first-order chi connectivity index (χ1) is 7.47. The molecule has 1 unspecified atom stereocenters. The molecule has 7 nitrogen and oxygen atoms in total. The summed E-state index contributed by atoms with van der Waals surface area (Å²) in [5.41, 5.74) is -0.543. The Balaban J connectivity index is 3.36. The van der Waals surface area contributed by atoms with Gasteiger partial charge in [-0.05, 0) is 6.07 Å². The Morgan fingerprint density at radius 1 is 1.56 bits per heavy atom. The van der Waals surface area contributed by atoms with Gasteiger partial charge in [-0.1, -0.05) is 0 Å². The number of rotatable bonds is 3. The van der Waals surface area contributed by atoms with Gasteiger partial charge in [0.25, 0.3) is 5.69 Å². The van der Waals surface area contributed by atoms with Gasteiger partial charge in [0.15, 0.2) is 11.1 Å². The summed E-state index contributed by atoms with van der Waals surface area (Å²) in [7, 11) is 1.10. The molecule has 1 aromatic carbocycles. The lowest BCUT2D eigenvalue weighted by Gasteiger charge is -2.03. The Hall–Kier alpha value is -1.80. The summed E-state index contributed by atoms with van der Waals surface area (Å²) < 4.78 is 24.2. The van der Waals surface area contributed by atoms with Gasteiger partial charge in [0, 0.05) is 12.1 Å². The highest BCUT2D eigenvalue weighted by atomic mass is 32.2. The molecule has 0 radical (unpaired) electrons. The highest BCUT2D eigenvalue weighted by molar-refractivity contribution is 7.79. The first-order valence-electron chi connectivity index (χ1n) is 3.95. The second-order valence-electron chi connectivity index (χ2n) is 2.68. The van der Waals surface area contributed by atoms with Crippen LogP contribution in [0.1, 0.15) is 10.4 Å². The van der Waals surface area contributed by atoms with E-state index in [9.17, 15) is 19.1 Å². The fourth-order valence-electron chi connectivity index (χ4n) is 1.05. The molecule has 1 aromatic rings. The van der Waals surface area contributed by atoms with Crippen LogP contribution in [0.25, 0.3) is 0 Å². The summed E-state index contributed by atoms with van der Waals surface area (Å²) in [6.45, 7) is 0. The van der Waals surface area contributed by atoms with Crippen molar-refractivity contribution < 1.29 is 23.2 Å². The van der Waals surface area contributed by atoms with E-state index in [0.29, 0.717) is 0 Å². The Kier molecular flexibility index (Phi) is 3.69. The third-order valence-corrected chi connectivity index (χ3v) is 2.48. The molecule has 0 fully saturated rings. The molecule has 0 aromatic heterocycles. The molecule has 1 rings (SSSR count). The molecular weight excluding hydrogens is 238 g/mol. The number of carbonyl (C=O) groups excluding carboxylic acids is 1. The van der Waals surface area contributed by atoms with Crippen molar-refractivity contribution in [3.05, 3.63) is 33.9 Å². The Morgan fingerprint density at radius 2 is 2.19 bits per heavy atom. The number of nitrogens with zero attached hydrogens (tertiary/aromatic N) is 1. The van der Waals surface area contributed by atoms with Crippen LogP contribution in [0.3, 0.4) is 0 Å². The van der Waals surface area contributed by atoms with Crippen LogP contribution in [-0.4, -0.2) is 26.8 Å². The quantitative estimate of drug-likeness (QED) is 0.368. The molecule has 86 valence electrons. The van der Waals surface area contributed by atoms with Crippen molar-refractivity contribution >= 4 is 22.7 Å². The molecule has 0 saturated heterocycles. The zero-order valence-electron chi connectivity index (χ0n) is 8.08. The number of benzene rings is 1. The molecule has 0 saturated carbocycles. The Bertz CT molecular complexity index is 472. The summed E-state index contributed by atoms with van der Waals surface area (Å²) >= 11 is -2.49. The average Bonchev–Trinajstić information content (AvgIpc) is 2.26. The summed E-state index contributed by atoms with van der Waals surface area (Å²) in [5.74, 6) is -0.827. The highest BCUT2D eigenvalue weighted by Crippen LogP contribution is 2.20. The topological polar surface area (TPSA) is 107 Å². The molecule has 16 heavy (non-hydrogen) atoms. The van der Waals surface area contributed by atoms with Crippen molar-refractivity contribution in [1.29, 1.82) is 0 Å². The van der Waals surface area contributed by atoms with Gasteiger partial charge < -0.3 is 9.29 Å². The van der Waals surface area contributed by atoms with Crippen LogP contribution in [0.2, 0.25) is 0 Å². The average molecular weight is 245 g/mol. The molecular formula is C8H7NO6S. The molecule has 1 atom stereocenters. The lowest BCUT2D eigenvalue weighted by molar-refractivity contribution is -0.385. The molecule has 8 heteroatoms. The maximum atomic E-state index is 11.2. The molecule has 0 heterocycles. The smallest absolute Gasteiger partial charge is 0.339 e. The Morgan fingerprint density at radius 3 is 2.62 bits per heavy atom. The van der Waals surface area contributed by atoms with E-state index in [1.54, 1.807) is 0 Å². The standard InChI is InChI=1S/C8H7NO6S/c1-15-8(10)6-3-2-5(9(11)12)4-7(6)16(13)14/h2-4H,1H3,(H,13,14). The second kappa shape index (κ2) is 4.81. The number of methoxy groups -OCH3 is 1.